The van der Waals surface area contributed by atoms with Crippen LogP contribution in [-0.2, 0) is 11.3 Å². The van der Waals surface area contributed by atoms with Gasteiger partial charge in [0.15, 0.2) is 11.0 Å². The fraction of sp³-hybridized carbons (Fsp3) is 0.333. The van der Waals surface area contributed by atoms with Crippen LogP contribution in [0.5, 0.6) is 5.75 Å². The lowest BCUT2D eigenvalue weighted by Crippen LogP contribution is -2.16. The summed E-state index contributed by atoms with van der Waals surface area (Å²) >= 11 is 1.68. The fourth-order valence-electron chi connectivity index (χ4n) is 3.95. The number of H-pyrrole nitrogens is 1. The smallest absolute Gasteiger partial charge is 0.191 e. The van der Waals surface area contributed by atoms with Gasteiger partial charge < -0.3 is 14.5 Å². The van der Waals surface area contributed by atoms with E-state index in [4.69, 9.17) is 9.47 Å². The number of fused-ring (bicyclic) bond motifs is 1. The van der Waals surface area contributed by atoms with Gasteiger partial charge in [0.25, 0.3) is 0 Å². The molecule has 32 heavy (non-hydrogen) atoms. The first-order valence-corrected chi connectivity index (χ1v) is 11.9. The standard InChI is InChI=1S/C24H25FN4O2S/c25-17-8-10-18(11-9-17)30-13-4-14-32-24-28-27-23(29(24)16-19-5-3-12-31-19)21-15-26-22-7-2-1-6-20(21)22/h1-2,6-11,15,19,26H,3-5,12-14,16H2. The number of hydrogen-bond acceptors (Lipinski definition) is 5. The number of thioether (sulfide) groups is 1. The Balaban J connectivity index is 1.29. The number of hydrogen-bond donors (Lipinski definition) is 1. The van der Waals surface area contributed by atoms with E-state index in [0.29, 0.717) is 12.4 Å². The molecule has 0 amide bonds. The molecule has 0 spiro atoms. The maximum atomic E-state index is 13.0. The summed E-state index contributed by atoms with van der Waals surface area (Å²) in [6, 6.07) is 14.3. The molecule has 166 valence electrons. The molecule has 1 N–H and O–H groups in total. The molecule has 1 unspecified atom stereocenters. The Morgan fingerprint density at radius 3 is 2.88 bits per heavy atom. The second-order valence-electron chi connectivity index (χ2n) is 7.80. The van der Waals surface area contributed by atoms with Crippen LogP contribution >= 0.6 is 11.8 Å². The maximum absolute atomic E-state index is 13.0. The average Bonchev–Trinajstić information content (AvgIpc) is 3.56. The number of aromatic nitrogens is 4. The summed E-state index contributed by atoms with van der Waals surface area (Å²) < 4.78 is 26.8. The first-order valence-electron chi connectivity index (χ1n) is 10.9. The molecule has 0 radical (unpaired) electrons. The molecule has 4 aromatic rings. The van der Waals surface area contributed by atoms with Gasteiger partial charge in [-0.15, -0.1) is 10.2 Å². The van der Waals surface area contributed by atoms with Gasteiger partial charge in [0.2, 0.25) is 0 Å². The molecule has 1 aliphatic heterocycles. The molecule has 5 rings (SSSR count). The van der Waals surface area contributed by atoms with Crippen LogP contribution in [0.15, 0.2) is 59.9 Å². The van der Waals surface area contributed by atoms with Gasteiger partial charge in [0, 0.05) is 35.0 Å². The van der Waals surface area contributed by atoms with Crippen molar-refractivity contribution in [3.63, 3.8) is 0 Å². The minimum absolute atomic E-state index is 0.191. The molecule has 6 nitrogen and oxygen atoms in total. The monoisotopic (exact) mass is 452 g/mol. The van der Waals surface area contributed by atoms with Crippen molar-refractivity contribution in [2.24, 2.45) is 0 Å². The van der Waals surface area contributed by atoms with E-state index in [1.54, 1.807) is 23.9 Å². The Labute approximate surface area is 190 Å². The SMILES string of the molecule is Fc1ccc(OCCCSc2nnc(-c3c[nH]c4ccccc34)n2CC2CCCO2)cc1. The van der Waals surface area contributed by atoms with Gasteiger partial charge in [-0.25, -0.2) is 4.39 Å². The number of rotatable bonds is 9. The largest absolute Gasteiger partial charge is 0.494 e. The molecular weight excluding hydrogens is 427 g/mol. The van der Waals surface area contributed by atoms with Gasteiger partial charge in [0.1, 0.15) is 11.6 Å². The van der Waals surface area contributed by atoms with Crippen LogP contribution in [0.3, 0.4) is 0 Å². The Hall–Kier alpha value is -2.84. The van der Waals surface area contributed by atoms with Crippen molar-refractivity contribution in [2.45, 2.75) is 37.1 Å². The van der Waals surface area contributed by atoms with Gasteiger partial charge in [0.05, 0.1) is 19.3 Å². The predicted octanol–water partition coefficient (Wildman–Crippen LogP) is 5.31. The molecule has 2 aromatic heterocycles. The van der Waals surface area contributed by atoms with Gasteiger partial charge in [-0.1, -0.05) is 30.0 Å². The van der Waals surface area contributed by atoms with Crippen LogP contribution in [0.2, 0.25) is 0 Å². The highest BCUT2D eigenvalue weighted by Crippen LogP contribution is 2.31. The van der Waals surface area contributed by atoms with Gasteiger partial charge in [-0.05, 0) is 49.6 Å². The molecule has 0 bridgehead atoms. The Kier molecular flexibility index (Phi) is 6.41. The lowest BCUT2D eigenvalue weighted by molar-refractivity contribution is 0.0953. The van der Waals surface area contributed by atoms with Crippen LogP contribution < -0.4 is 4.74 Å². The highest BCUT2D eigenvalue weighted by Gasteiger charge is 2.23. The van der Waals surface area contributed by atoms with Crippen molar-refractivity contribution < 1.29 is 13.9 Å². The normalized spacial score (nSPS) is 16.1. The van der Waals surface area contributed by atoms with Crippen LogP contribution in [0, 0.1) is 5.82 Å². The summed E-state index contributed by atoms with van der Waals surface area (Å²) in [7, 11) is 0. The van der Waals surface area contributed by atoms with E-state index in [9.17, 15) is 4.39 Å². The molecule has 0 aliphatic carbocycles. The van der Waals surface area contributed by atoms with Crippen molar-refractivity contribution in [1.82, 2.24) is 19.7 Å². The highest BCUT2D eigenvalue weighted by molar-refractivity contribution is 7.99. The van der Waals surface area contributed by atoms with Gasteiger partial charge in [-0.2, -0.15) is 0 Å². The maximum Gasteiger partial charge on any atom is 0.191 e. The quantitative estimate of drug-likeness (QED) is 0.276. The summed E-state index contributed by atoms with van der Waals surface area (Å²) in [5, 5.41) is 11.1. The number of aromatic amines is 1. The van der Waals surface area contributed by atoms with Crippen LogP contribution in [0.25, 0.3) is 22.3 Å². The minimum Gasteiger partial charge on any atom is -0.494 e. The van der Waals surface area contributed by atoms with E-state index in [-0.39, 0.29) is 11.9 Å². The van der Waals surface area contributed by atoms with Crippen LogP contribution in [-0.4, -0.2) is 44.8 Å². The molecule has 0 saturated carbocycles. The van der Waals surface area contributed by atoms with E-state index in [1.807, 2.05) is 18.3 Å². The number of para-hydroxylation sites is 1. The Bertz CT molecular complexity index is 1170. The third kappa shape index (κ3) is 4.66. The number of benzene rings is 2. The lowest BCUT2D eigenvalue weighted by Gasteiger charge is -2.14. The van der Waals surface area contributed by atoms with Crippen LogP contribution in [0.4, 0.5) is 4.39 Å². The third-order valence-corrected chi connectivity index (χ3v) is 6.61. The summed E-state index contributed by atoms with van der Waals surface area (Å²) in [6.07, 6.45) is 5.19. The summed E-state index contributed by atoms with van der Waals surface area (Å²) in [4.78, 5) is 3.34. The van der Waals surface area contributed by atoms with Crippen molar-refractivity contribution in [3.05, 3.63) is 60.5 Å². The average molecular weight is 453 g/mol. The van der Waals surface area contributed by atoms with Crippen molar-refractivity contribution in [2.75, 3.05) is 19.0 Å². The Morgan fingerprint density at radius 2 is 2.03 bits per heavy atom. The summed E-state index contributed by atoms with van der Waals surface area (Å²) in [5.41, 5.74) is 2.14. The molecule has 3 heterocycles. The molecule has 1 fully saturated rings. The second kappa shape index (κ2) is 9.75. The molecule has 2 aromatic carbocycles. The molecular formula is C24H25FN4O2S. The minimum atomic E-state index is -0.260. The van der Waals surface area contributed by atoms with E-state index >= 15 is 0 Å². The predicted molar refractivity (Wildman–Crippen MR) is 124 cm³/mol. The highest BCUT2D eigenvalue weighted by atomic mass is 32.2. The zero-order valence-corrected chi connectivity index (χ0v) is 18.5. The van der Waals surface area contributed by atoms with E-state index in [2.05, 4.69) is 31.9 Å². The first kappa shape index (κ1) is 21.0. The lowest BCUT2D eigenvalue weighted by atomic mass is 10.1. The van der Waals surface area contributed by atoms with Crippen molar-refractivity contribution in [1.29, 1.82) is 0 Å². The molecule has 8 heteroatoms. The van der Waals surface area contributed by atoms with Crippen LogP contribution in [0.1, 0.15) is 19.3 Å². The van der Waals surface area contributed by atoms with Crippen molar-refractivity contribution >= 4 is 22.7 Å². The number of halogens is 1. The van der Waals surface area contributed by atoms with Gasteiger partial charge >= 0.3 is 0 Å². The van der Waals surface area contributed by atoms with Gasteiger partial charge in [-0.3, -0.25) is 4.57 Å². The Morgan fingerprint density at radius 1 is 1.16 bits per heavy atom. The second-order valence-corrected chi connectivity index (χ2v) is 8.87. The first-order chi connectivity index (χ1) is 15.8. The van der Waals surface area contributed by atoms with E-state index < -0.39 is 0 Å². The third-order valence-electron chi connectivity index (χ3n) is 5.56. The fourth-order valence-corrected chi connectivity index (χ4v) is 4.81. The zero-order chi connectivity index (χ0) is 21.8. The van der Waals surface area contributed by atoms with E-state index in [1.165, 1.54) is 12.1 Å². The van der Waals surface area contributed by atoms with E-state index in [0.717, 1.165) is 65.6 Å². The molecule has 1 saturated heterocycles. The van der Waals surface area contributed by atoms with Crippen molar-refractivity contribution in [3.8, 4) is 17.1 Å². The molecule has 1 aliphatic rings. The number of nitrogens with one attached hydrogen (secondary N) is 1. The number of ether oxygens (including phenoxy) is 2. The topological polar surface area (TPSA) is 65.0 Å². The molecule has 1 atom stereocenters. The summed E-state index contributed by atoms with van der Waals surface area (Å²) in [6.45, 7) is 2.13. The zero-order valence-electron chi connectivity index (χ0n) is 17.7. The number of nitrogens with zero attached hydrogens (tertiary/aromatic N) is 3. The summed E-state index contributed by atoms with van der Waals surface area (Å²) in [5.74, 6) is 2.13.